The van der Waals surface area contributed by atoms with Gasteiger partial charge in [0.1, 0.15) is 0 Å². The van der Waals surface area contributed by atoms with E-state index in [1.807, 2.05) is 78.2 Å². The number of methoxy groups -OCH3 is 3. The molecule has 0 bridgehead atoms. The molecule has 0 radical (unpaired) electrons. The van der Waals surface area contributed by atoms with Crippen LogP contribution in [0.4, 0.5) is 11.6 Å². The van der Waals surface area contributed by atoms with Crippen molar-refractivity contribution in [3.05, 3.63) is 161 Å². The zero-order chi connectivity index (χ0) is 39.0. The van der Waals surface area contributed by atoms with Crippen molar-refractivity contribution < 1.29 is 14.2 Å². The van der Waals surface area contributed by atoms with Crippen LogP contribution in [-0.2, 0) is 25.9 Å². The van der Waals surface area contributed by atoms with E-state index in [4.69, 9.17) is 44.3 Å². The Labute approximate surface area is 326 Å². The van der Waals surface area contributed by atoms with Gasteiger partial charge in [0.2, 0.25) is 33.8 Å². The average molecular weight is 795 g/mol. The number of aromatic amines is 1. The van der Waals surface area contributed by atoms with E-state index in [1.165, 1.54) is 38.7 Å². The number of hydrogen-bond donors (Lipinski definition) is 2. The number of rotatable bonds is 11. The van der Waals surface area contributed by atoms with Gasteiger partial charge in [-0.2, -0.15) is 9.97 Å². The Morgan fingerprint density at radius 1 is 0.685 bits per heavy atom. The van der Waals surface area contributed by atoms with Gasteiger partial charge in [0.15, 0.2) is 0 Å². The maximum Gasteiger partial charge on any atom is 0.316 e. The largest absolute Gasteiger partial charge is 0.490 e. The number of nitrogens with zero attached hydrogens (tertiary/aromatic N) is 5. The Morgan fingerprint density at radius 3 is 1.78 bits per heavy atom. The highest BCUT2D eigenvalue weighted by Crippen LogP contribution is 2.26. The molecule has 282 valence electrons. The molecule has 0 atom stereocenters. The molecule has 6 rings (SSSR count). The first-order chi connectivity index (χ1) is 26.0. The fourth-order valence-corrected chi connectivity index (χ4v) is 5.31. The number of halogens is 3. The molecule has 0 aliphatic rings. The predicted octanol–water partition coefficient (Wildman–Crippen LogP) is 6.78. The summed E-state index contributed by atoms with van der Waals surface area (Å²) in [6, 6.07) is 25.8. The second kappa shape index (κ2) is 20.6. The van der Waals surface area contributed by atoms with E-state index in [0.29, 0.717) is 24.1 Å². The van der Waals surface area contributed by atoms with Crippen LogP contribution < -0.4 is 36.2 Å². The van der Waals surface area contributed by atoms with Gasteiger partial charge < -0.3 is 28.7 Å². The van der Waals surface area contributed by atoms with E-state index in [0.717, 1.165) is 24.1 Å². The number of anilines is 2. The van der Waals surface area contributed by atoms with Crippen molar-refractivity contribution in [1.82, 2.24) is 29.1 Å². The summed E-state index contributed by atoms with van der Waals surface area (Å²) in [5, 5.41) is 4.11. The first-order valence-corrected chi connectivity index (χ1v) is 17.5. The molecule has 13 nitrogen and oxygen atoms in total. The van der Waals surface area contributed by atoms with Crippen LogP contribution in [0.2, 0.25) is 15.6 Å². The molecule has 3 aromatic carbocycles. The number of H-pyrrole nitrogens is 1. The summed E-state index contributed by atoms with van der Waals surface area (Å²) in [6.45, 7) is 3.21. The van der Waals surface area contributed by atoms with Gasteiger partial charge in [-0.05, 0) is 71.8 Å². The third kappa shape index (κ3) is 12.0. The molecule has 16 heteroatoms. The van der Waals surface area contributed by atoms with Gasteiger partial charge in [-0.3, -0.25) is 19.4 Å². The second-order valence-corrected chi connectivity index (χ2v) is 12.4. The minimum absolute atomic E-state index is 0.0609. The lowest BCUT2D eigenvalue weighted by Crippen LogP contribution is -2.19. The Balaban J connectivity index is 0.000000200. The molecule has 3 heterocycles. The van der Waals surface area contributed by atoms with Crippen LogP contribution in [0.25, 0.3) is 0 Å². The van der Waals surface area contributed by atoms with E-state index in [1.54, 1.807) is 17.0 Å². The van der Waals surface area contributed by atoms with Crippen LogP contribution in [0, 0.1) is 6.92 Å². The number of nitrogens with one attached hydrogen (secondary N) is 2. The summed E-state index contributed by atoms with van der Waals surface area (Å²) in [7, 11) is 4.29. The molecular formula is C38H38Cl3N7O6. The van der Waals surface area contributed by atoms with Crippen LogP contribution in [0.3, 0.4) is 0 Å². The highest BCUT2D eigenvalue weighted by atomic mass is 35.5. The maximum absolute atomic E-state index is 12.1. The summed E-state index contributed by atoms with van der Waals surface area (Å²) in [5.41, 5.74) is 2.88. The number of ether oxygens (including phenoxy) is 3. The SMILES string of the molecule is COc1cn(CCc2ccccc2)c(Cl)nc1=O.COc1cn(CCc2ccccc2)c(Nc2cccc(Cl)c2C)nc1=O.COc1cnc(Cl)[nH]c1=O. The zero-order valence-electron chi connectivity index (χ0n) is 29.9. The summed E-state index contributed by atoms with van der Waals surface area (Å²) < 4.78 is 18.3. The van der Waals surface area contributed by atoms with Gasteiger partial charge >= 0.3 is 11.1 Å². The van der Waals surface area contributed by atoms with Gasteiger partial charge in [-0.1, -0.05) is 78.3 Å². The summed E-state index contributed by atoms with van der Waals surface area (Å²) in [5.74, 6) is 1.03. The lowest BCUT2D eigenvalue weighted by Gasteiger charge is -2.16. The molecule has 0 saturated heterocycles. The van der Waals surface area contributed by atoms with Crippen LogP contribution in [0.5, 0.6) is 17.2 Å². The fraction of sp³-hybridized carbons (Fsp3) is 0.211. The molecule has 0 aliphatic carbocycles. The van der Waals surface area contributed by atoms with Crippen molar-refractivity contribution in [2.45, 2.75) is 32.9 Å². The van der Waals surface area contributed by atoms with Crippen molar-refractivity contribution in [3.8, 4) is 17.2 Å². The lowest BCUT2D eigenvalue weighted by atomic mass is 10.1. The fourth-order valence-electron chi connectivity index (χ4n) is 4.79. The maximum atomic E-state index is 12.1. The highest BCUT2D eigenvalue weighted by Gasteiger charge is 2.12. The van der Waals surface area contributed by atoms with Gasteiger partial charge in [0.05, 0.1) is 39.9 Å². The molecule has 0 fully saturated rings. The molecule has 0 aliphatic heterocycles. The van der Waals surface area contributed by atoms with E-state index >= 15 is 0 Å². The van der Waals surface area contributed by atoms with Gasteiger partial charge in [0.25, 0.3) is 5.56 Å². The van der Waals surface area contributed by atoms with Crippen LogP contribution in [-0.4, -0.2) is 50.4 Å². The van der Waals surface area contributed by atoms with Gasteiger partial charge in [0, 0.05) is 23.8 Å². The Hall–Kier alpha value is -5.63. The predicted molar refractivity (Wildman–Crippen MR) is 211 cm³/mol. The van der Waals surface area contributed by atoms with E-state index in [9.17, 15) is 14.4 Å². The number of aromatic nitrogens is 6. The van der Waals surface area contributed by atoms with Crippen LogP contribution in [0.1, 0.15) is 16.7 Å². The van der Waals surface area contributed by atoms with Crippen molar-refractivity contribution in [3.63, 3.8) is 0 Å². The molecule has 0 unspecified atom stereocenters. The standard InChI is InChI=1S/C20H20ClN3O2.C13H13ClN2O2.C5H5ClN2O2/c1-14-16(21)9-6-10-17(14)22-20-23-19(25)18(26-2)13-24(20)12-11-15-7-4-3-5-8-15;1-18-11-9-16(13(14)15-12(11)17)8-7-10-5-3-2-4-6-10;1-10-3-2-7-5(6)8-4(3)9/h3-10,13H,11-12H2,1-2H3,(H,22,23,25);2-6,9H,7-8H2,1H3;2H,1H3,(H,7,8,9). The number of hydrogen-bond acceptors (Lipinski definition) is 10. The third-order valence-corrected chi connectivity index (χ3v) is 8.66. The Bertz CT molecular complexity index is 2300. The van der Waals surface area contributed by atoms with Gasteiger partial charge in [-0.15, -0.1) is 0 Å². The topological polar surface area (TPSA) is 155 Å². The zero-order valence-corrected chi connectivity index (χ0v) is 32.2. The first-order valence-electron chi connectivity index (χ1n) is 16.4. The summed E-state index contributed by atoms with van der Waals surface area (Å²) >= 11 is 17.5. The number of aryl methyl sites for hydroxylation is 4. The van der Waals surface area contributed by atoms with Crippen molar-refractivity contribution in [2.75, 3.05) is 26.6 Å². The monoisotopic (exact) mass is 793 g/mol. The first kappa shape index (κ1) is 41.1. The third-order valence-electron chi connectivity index (χ3n) is 7.76. The van der Waals surface area contributed by atoms with Gasteiger partial charge in [-0.25, -0.2) is 4.98 Å². The molecule has 3 aromatic heterocycles. The minimum atomic E-state index is -0.446. The molecule has 0 saturated carbocycles. The normalized spacial score (nSPS) is 10.3. The summed E-state index contributed by atoms with van der Waals surface area (Å²) in [4.78, 5) is 48.0. The lowest BCUT2D eigenvalue weighted by molar-refractivity contribution is 0.400. The number of benzene rings is 3. The minimum Gasteiger partial charge on any atom is -0.490 e. The van der Waals surface area contributed by atoms with Crippen LogP contribution in [0.15, 0.2) is 112 Å². The highest BCUT2D eigenvalue weighted by molar-refractivity contribution is 6.31. The van der Waals surface area contributed by atoms with E-state index in [-0.39, 0.29) is 33.4 Å². The molecular weight excluding hydrogens is 757 g/mol. The molecule has 54 heavy (non-hydrogen) atoms. The van der Waals surface area contributed by atoms with Crippen molar-refractivity contribution >= 4 is 46.4 Å². The smallest absolute Gasteiger partial charge is 0.316 e. The van der Waals surface area contributed by atoms with Crippen LogP contribution >= 0.6 is 34.8 Å². The van der Waals surface area contributed by atoms with Crippen molar-refractivity contribution in [2.24, 2.45) is 0 Å². The summed E-state index contributed by atoms with van der Waals surface area (Å²) in [6.07, 6.45) is 6.15. The van der Waals surface area contributed by atoms with E-state index < -0.39 is 11.1 Å². The molecule has 2 N–H and O–H groups in total. The molecule has 6 aromatic rings. The Kier molecular flexibility index (Phi) is 15.7. The molecule has 0 amide bonds. The quantitative estimate of drug-likeness (QED) is 0.134. The average Bonchev–Trinajstić information content (AvgIpc) is 3.17. The second-order valence-electron chi connectivity index (χ2n) is 11.3. The Morgan fingerprint density at radius 2 is 1.22 bits per heavy atom. The van der Waals surface area contributed by atoms with Crippen molar-refractivity contribution in [1.29, 1.82) is 0 Å². The van der Waals surface area contributed by atoms with E-state index in [2.05, 4.69) is 42.1 Å². The molecule has 0 spiro atoms.